The van der Waals surface area contributed by atoms with E-state index < -0.39 is 83.8 Å². The summed E-state index contributed by atoms with van der Waals surface area (Å²) in [5, 5.41) is 21.4. The Balaban J connectivity index is 1.70. The van der Waals surface area contributed by atoms with Gasteiger partial charge in [0.05, 0.1) is 22.6 Å². The fourth-order valence-electron chi connectivity index (χ4n) is 4.41. The van der Waals surface area contributed by atoms with E-state index in [4.69, 9.17) is 23.5 Å². The van der Waals surface area contributed by atoms with Crippen molar-refractivity contribution in [3.05, 3.63) is 48.5 Å². The van der Waals surface area contributed by atoms with Gasteiger partial charge in [0.25, 0.3) is 0 Å². The fourth-order valence-corrected chi connectivity index (χ4v) is 5.46. The summed E-state index contributed by atoms with van der Waals surface area (Å²) in [7, 11) is -4.69. The molecule has 1 aliphatic heterocycles. The Bertz CT molecular complexity index is 1440. The number of carbonyl (C=O) groups excluding carboxylic acids is 3. The van der Waals surface area contributed by atoms with E-state index in [0.717, 1.165) is 37.4 Å². The molecule has 1 aliphatic rings. The van der Waals surface area contributed by atoms with Crippen molar-refractivity contribution >= 4 is 40.5 Å². The summed E-state index contributed by atoms with van der Waals surface area (Å²) in [5.74, 6) is -2.45. The van der Waals surface area contributed by atoms with Gasteiger partial charge in [0.1, 0.15) is 24.9 Å². The number of carbonyl (C=O) groups is 3. The molecule has 0 aromatic heterocycles. The van der Waals surface area contributed by atoms with Crippen LogP contribution in [0.4, 0.5) is 0 Å². The van der Waals surface area contributed by atoms with Gasteiger partial charge in [-0.05, 0) is 56.4 Å². The summed E-state index contributed by atoms with van der Waals surface area (Å²) in [6.07, 6.45) is -6.95. The molecule has 1 fully saturated rings. The van der Waals surface area contributed by atoms with Crippen LogP contribution in [0.1, 0.15) is 48.5 Å². The van der Waals surface area contributed by atoms with Crippen molar-refractivity contribution in [1.29, 1.82) is 0 Å². The Labute approximate surface area is 263 Å². The van der Waals surface area contributed by atoms with Crippen LogP contribution in [0.15, 0.2) is 53.4 Å². The molecule has 2 aromatic rings. The molecule has 4 atom stereocenters. The summed E-state index contributed by atoms with van der Waals surface area (Å²) in [5.41, 5.74) is 1.48. The van der Waals surface area contributed by atoms with Gasteiger partial charge in [-0.15, -0.1) is 0 Å². The van der Waals surface area contributed by atoms with Crippen LogP contribution < -0.4 is 10.2 Å². The zero-order valence-electron chi connectivity index (χ0n) is 26.3. The minimum atomic E-state index is -4.17. The van der Waals surface area contributed by atoms with Crippen LogP contribution in [0.25, 0.3) is 11.1 Å². The Kier molecular flexibility index (Phi) is 11.6. The standard InChI is InChI=1S/C30H40BNO12S/c1-18(33)40-17-26(42-20(3)35)28(37)27(36)25(41-19(2)34)16-32-45(38,39)24-14-10-22(11-15-24)21-8-12-23(13-9-21)31-43-29(4,5)30(6,7)44-31/h8-15,25-28,32,36-37H,16-17H2,1-7H3/t25-,26+,27+,28+/m0/s1. The van der Waals surface area contributed by atoms with Crippen molar-refractivity contribution in [3.8, 4) is 11.1 Å². The molecule has 3 rings (SSSR count). The second kappa shape index (κ2) is 14.4. The summed E-state index contributed by atoms with van der Waals surface area (Å²) in [6.45, 7) is 9.83. The number of rotatable bonds is 13. The molecule has 15 heteroatoms. The first-order valence-corrected chi connectivity index (χ1v) is 15.7. The van der Waals surface area contributed by atoms with Crippen LogP contribution in [-0.4, -0.2) is 92.4 Å². The lowest BCUT2D eigenvalue weighted by Gasteiger charge is -2.32. The third kappa shape index (κ3) is 9.34. The first-order valence-electron chi connectivity index (χ1n) is 14.2. The second-order valence-electron chi connectivity index (χ2n) is 11.7. The van der Waals surface area contributed by atoms with E-state index in [0.29, 0.717) is 0 Å². The van der Waals surface area contributed by atoms with Gasteiger partial charge in [-0.2, -0.15) is 0 Å². The molecule has 0 radical (unpaired) electrons. The minimum absolute atomic E-state index is 0.107. The fraction of sp³-hybridized carbons (Fsp3) is 0.500. The highest BCUT2D eigenvalue weighted by Gasteiger charge is 2.51. The lowest BCUT2D eigenvalue weighted by atomic mass is 9.78. The van der Waals surface area contributed by atoms with Crippen LogP contribution in [0.3, 0.4) is 0 Å². The Morgan fingerprint density at radius 1 is 0.778 bits per heavy atom. The first kappa shape index (κ1) is 36.1. The molecule has 0 saturated carbocycles. The smallest absolute Gasteiger partial charge is 0.462 e. The van der Waals surface area contributed by atoms with Crippen molar-refractivity contribution in [3.63, 3.8) is 0 Å². The van der Waals surface area contributed by atoms with Crippen molar-refractivity contribution in [1.82, 2.24) is 4.72 Å². The van der Waals surface area contributed by atoms with E-state index >= 15 is 0 Å². The maximum Gasteiger partial charge on any atom is 0.494 e. The second-order valence-corrected chi connectivity index (χ2v) is 13.4. The molecule has 0 bridgehead atoms. The number of hydrogen-bond donors (Lipinski definition) is 3. The van der Waals surface area contributed by atoms with Gasteiger partial charge in [0.15, 0.2) is 6.10 Å². The lowest BCUT2D eigenvalue weighted by Crippen LogP contribution is -2.52. The molecule has 13 nitrogen and oxygen atoms in total. The molecule has 0 amide bonds. The first-order chi connectivity index (χ1) is 20.8. The van der Waals surface area contributed by atoms with Crippen LogP contribution in [0.5, 0.6) is 0 Å². The number of nitrogens with one attached hydrogen (secondary N) is 1. The molecule has 45 heavy (non-hydrogen) atoms. The van der Waals surface area contributed by atoms with Gasteiger partial charge >= 0.3 is 25.0 Å². The Hall–Kier alpha value is -3.34. The van der Waals surface area contributed by atoms with E-state index in [-0.39, 0.29) is 4.90 Å². The average Bonchev–Trinajstić information content (AvgIpc) is 3.18. The van der Waals surface area contributed by atoms with Crippen LogP contribution in [0, 0.1) is 0 Å². The van der Waals surface area contributed by atoms with E-state index in [9.17, 15) is 33.0 Å². The Morgan fingerprint density at radius 2 is 1.22 bits per heavy atom. The number of hydrogen-bond acceptors (Lipinski definition) is 12. The number of aliphatic hydroxyl groups excluding tert-OH is 2. The molecule has 2 aromatic carbocycles. The number of benzene rings is 2. The minimum Gasteiger partial charge on any atom is -0.462 e. The van der Waals surface area contributed by atoms with Crippen LogP contribution >= 0.6 is 0 Å². The number of sulfonamides is 1. The van der Waals surface area contributed by atoms with Crippen molar-refractivity contribution in [2.75, 3.05) is 13.2 Å². The summed E-state index contributed by atoms with van der Waals surface area (Å²) in [4.78, 5) is 34.3. The van der Waals surface area contributed by atoms with Gasteiger partial charge in [0.2, 0.25) is 10.0 Å². The SMILES string of the molecule is CC(=O)OC[C@@H](OC(C)=O)[C@@H](O)[C@H](O)[C@H](CNS(=O)(=O)c1ccc(-c2ccc(B3OC(C)(C)C(C)(C)O3)cc2)cc1)OC(C)=O. The van der Waals surface area contributed by atoms with E-state index in [1.807, 2.05) is 52.0 Å². The average molecular weight is 650 g/mol. The topological polar surface area (TPSA) is 184 Å². The predicted octanol–water partition coefficient (Wildman–Crippen LogP) is 1.08. The van der Waals surface area contributed by atoms with Crippen molar-refractivity contribution in [2.24, 2.45) is 0 Å². The Morgan fingerprint density at radius 3 is 1.69 bits per heavy atom. The largest absolute Gasteiger partial charge is 0.494 e. The highest BCUT2D eigenvalue weighted by Crippen LogP contribution is 2.36. The summed E-state index contributed by atoms with van der Waals surface area (Å²) < 4.78 is 55.3. The molecule has 246 valence electrons. The van der Waals surface area contributed by atoms with E-state index in [1.165, 1.54) is 12.1 Å². The highest BCUT2D eigenvalue weighted by molar-refractivity contribution is 7.89. The van der Waals surface area contributed by atoms with Crippen molar-refractivity contribution in [2.45, 2.75) is 89.0 Å². The molecular formula is C30H40BNO12S. The molecule has 0 spiro atoms. The number of esters is 3. The molecule has 0 unspecified atom stereocenters. The highest BCUT2D eigenvalue weighted by atomic mass is 32.2. The molecule has 1 saturated heterocycles. The van der Waals surface area contributed by atoms with E-state index in [2.05, 4.69) is 4.72 Å². The van der Waals surface area contributed by atoms with Crippen molar-refractivity contribution < 1.29 is 56.5 Å². The quantitative estimate of drug-likeness (QED) is 0.160. The lowest BCUT2D eigenvalue weighted by molar-refractivity contribution is -0.179. The van der Waals surface area contributed by atoms with Gasteiger partial charge in [-0.3, -0.25) is 14.4 Å². The maximum absolute atomic E-state index is 13.1. The normalized spacial score (nSPS) is 18.4. The van der Waals surface area contributed by atoms with Crippen LogP contribution in [-0.2, 0) is 47.9 Å². The van der Waals surface area contributed by atoms with Crippen LogP contribution in [0.2, 0.25) is 0 Å². The van der Waals surface area contributed by atoms with Gasteiger partial charge in [-0.25, -0.2) is 13.1 Å². The van der Waals surface area contributed by atoms with E-state index in [1.54, 1.807) is 12.1 Å². The van der Waals surface area contributed by atoms with Gasteiger partial charge in [-0.1, -0.05) is 36.4 Å². The number of aliphatic hydroxyl groups is 2. The number of ether oxygens (including phenoxy) is 3. The van der Waals surface area contributed by atoms with Gasteiger partial charge in [0, 0.05) is 20.8 Å². The zero-order chi connectivity index (χ0) is 33.7. The third-order valence-electron chi connectivity index (χ3n) is 7.61. The zero-order valence-corrected chi connectivity index (χ0v) is 27.1. The molecule has 3 N–H and O–H groups in total. The summed E-state index contributed by atoms with van der Waals surface area (Å²) >= 11 is 0. The molecule has 1 heterocycles. The third-order valence-corrected chi connectivity index (χ3v) is 9.05. The molecule has 0 aliphatic carbocycles. The maximum atomic E-state index is 13.1. The predicted molar refractivity (Wildman–Crippen MR) is 163 cm³/mol. The monoisotopic (exact) mass is 649 g/mol. The van der Waals surface area contributed by atoms with Gasteiger partial charge < -0.3 is 33.7 Å². The molecular weight excluding hydrogens is 609 g/mol. The summed E-state index contributed by atoms with van der Waals surface area (Å²) in [6, 6.07) is 13.6.